The predicted molar refractivity (Wildman–Crippen MR) is 133 cm³/mol. The van der Waals surface area contributed by atoms with Gasteiger partial charge >= 0.3 is 0 Å². The van der Waals surface area contributed by atoms with Crippen molar-refractivity contribution < 1.29 is 9.90 Å². The fourth-order valence-corrected chi connectivity index (χ4v) is 4.37. The lowest BCUT2D eigenvalue weighted by Crippen LogP contribution is -2.28. The highest BCUT2D eigenvalue weighted by Gasteiger charge is 2.23. The molecule has 0 bridgehead atoms. The maximum absolute atomic E-state index is 12.8. The smallest absolute Gasteiger partial charge is 0.251 e. The minimum atomic E-state index is -0.188. The van der Waals surface area contributed by atoms with Crippen LogP contribution < -0.4 is 16.0 Å². The molecule has 1 aromatic heterocycles. The number of carbonyl (C=O) groups excluding carboxylic acids is 1. The van der Waals surface area contributed by atoms with Crippen LogP contribution in [0.5, 0.6) is 0 Å². The molecule has 1 aliphatic heterocycles. The number of piperidine rings is 1. The van der Waals surface area contributed by atoms with Gasteiger partial charge in [-0.05, 0) is 74.3 Å². The van der Waals surface area contributed by atoms with Crippen molar-refractivity contribution in [2.75, 3.05) is 25.0 Å². The van der Waals surface area contributed by atoms with E-state index in [2.05, 4.69) is 32.2 Å². The van der Waals surface area contributed by atoms with Crippen molar-refractivity contribution in [3.63, 3.8) is 0 Å². The van der Waals surface area contributed by atoms with Crippen LogP contribution in [-0.4, -0.2) is 45.5 Å². The van der Waals surface area contributed by atoms with E-state index >= 15 is 0 Å². The number of nitrogens with zero attached hydrogens (tertiary/aromatic N) is 4. The van der Waals surface area contributed by atoms with E-state index in [9.17, 15) is 9.90 Å². The van der Waals surface area contributed by atoms with Gasteiger partial charge in [-0.1, -0.05) is 12.1 Å². The summed E-state index contributed by atoms with van der Waals surface area (Å²) in [7, 11) is 0. The number of anilines is 1. The highest BCUT2D eigenvalue weighted by Crippen LogP contribution is 2.24. The van der Waals surface area contributed by atoms with Gasteiger partial charge in [0.1, 0.15) is 5.82 Å². The standard InChI is InChI=1S/C26H31N7O2/c1-18-5-6-19(15-27)13-22(18)16-30-26(35)21-3-2-4-23(14-21)29-17-24-31-32-25(33(24)11-12-34)20-7-9-28-10-8-20/h2-6,13-14,20,28-29,34H,7-12,16-17H2,1H3,(H,30,35). The summed E-state index contributed by atoms with van der Waals surface area (Å²) in [6, 6.07) is 14.9. The molecule has 4 N–H and O–H groups in total. The van der Waals surface area contributed by atoms with Crippen molar-refractivity contribution in [1.29, 1.82) is 5.26 Å². The molecule has 9 heteroatoms. The molecule has 3 aromatic rings. The second-order valence-corrected chi connectivity index (χ2v) is 8.74. The summed E-state index contributed by atoms with van der Waals surface area (Å²) >= 11 is 0. The molecule has 1 fully saturated rings. The molecule has 0 unspecified atom stereocenters. The Morgan fingerprint density at radius 3 is 2.80 bits per heavy atom. The Kier molecular flexibility index (Phi) is 8.08. The van der Waals surface area contributed by atoms with Crippen LogP contribution in [0.25, 0.3) is 0 Å². The first-order valence-electron chi connectivity index (χ1n) is 11.9. The fourth-order valence-electron chi connectivity index (χ4n) is 4.37. The molecule has 1 saturated heterocycles. The zero-order valence-electron chi connectivity index (χ0n) is 19.9. The first-order valence-corrected chi connectivity index (χ1v) is 11.9. The van der Waals surface area contributed by atoms with Crippen LogP contribution in [0.15, 0.2) is 42.5 Å². The summed E-state index contributed by atoms with van der Waals surface area (Å²) in [5, 5.41) is 37.2. The lowest BCUT2D eigenvalue weighted by Gasteiger charge is -2.22. The number of nitrogens with one attached hydrogen (secondary N) is 3. The molecule has 9 nitrogen and oxygen atoms in total. The number of aryl methyl sites for hydroxylation is 1. The number of aliphatic hydroxyl groups excluding tert-OH is 1. The minimum absolute atomic E-state index is 0.0232. The summed E-state index contributed by atoms with van der Waals surface area (Å²) in [5.41, 5.74) is 3.84. The van der Waals surface area contributed by atoms with Crippen molar-refractivity contribution in [2.24, 2.45) is 0 Å². The molecule has 0 aliphatic carbocycles. The number of nitriles is 1. The molecule has 1 amide bonds. The molecule has 0 atom stereocenters. The van der Waals surface area contributed by atoms with Crippen LogP contribution in [0.3, 0.4) is 0 Å². The molecular formula is C26H31N7O2. The summed E-state index contributed by atoms with van der Waals surface area (Å²) in [6.07, 6.45) is 2.02. The fraction of sp³-hybridized carbons (Fsp3) is 0.385. The molecule has 4 rings (SSSR count). The second kappa shape index (κ2) is 11.6. The average molecular weight is 474 g/mol. The van der Waals surface area contributed by atoms with E-state index in [1.165, 1.54) is 0 Å². The number of carbonyl (C=O) groups is 1. The highest BCUT2D eigenvalue weighted by atomic mass is 16.3. The van der Waals surface area contributed by atoms with E-state index in [0.29, 0.717) is 36.7 Å². The van der Waals surface area contributed by atoms with Gasteiger partial charge in [-0.2, -0.15) is 5.26 Å². The van der Waals surface area contributed by atoms with Crippen LogP contribution in [0.4, 0.5) is 5.69 Å². The Balaban J connectivity index is 1.40. The van der Waals surface area contributed by atoms with Crippen molar-refractivity contribution in [2.45, 2.75) is 45.3 Å². The topological polar surface area (TPSA) is 128 Å². The van der Waals surface area contributed by atoms with E-state index in [0.717, 1.165) is 54.4 Å². The van der Waals surface area contributed by atoms with Gasteiger partial charge in [-0.3, -0.25) is 4.79 Å². The van der Waals surface area contributed by atoms with Gasteiger partial charge in [0.25, 0.3) is 5.91 Å². The Labute approximate surface area is 205 Å². The van der Waals surface area contributed by atoms with E-state index in [1.807, 2.05) is 29.7 Å². The van der Waals surface area contributed by atoms with Gasteiger partial charge in [-0.25, -0.2) is 0 Å². The van der Waals surface area contributed by atoms with E-state index < -0.39 is 0 Å². The van der Waals surface area contributed by atoms with Gasteiger partial charge in [0.05, 0.1) is 24.8 Å². The third kappa shape index (κ3) is 6.04. The van der Waals surface area contributed by atoms with Crippen LogP contribution in [0, 0.1) is 18.3 Å². The van der Waals surface area contributed by atoms with E-state index in [-0.39, 0.29) is 12.5 Å². The lowest BCUT2D eigenvalue weighted by atomic mass is 9.97. The normalized spacial score (nSPS) is 13.9. The monoisotopic (exact) mass is 473 g/mol. The maximum Gasteiger partial charge on any atom is 0.251 e. The first kappa shape index (κ1) is 24.4. The van der Waals surface area contributed by atoms with Crippen molar-refractivity contribution in [3.8, 4) is 6.07 Å². The molecule has 2 heterocycles. The van der Waals surface area contributed by atoms with Crippen LogP contribution in [-0.2, 0) is 19.6 Å². The largest absolute Gasteiger partial charge is 0.395 e. The van der Waals surface area contributed by atoms with Crippen LogP contribution >= 0.6 is 0 Å². The number of hydrogen-bond acceptors (Lipinski definition) is 7. The van der Waals surface area contributed by atoms with Gasteiger partial charge in [0, 0.05) is 30.3 Å². The Morgan fingerprint density at radius 2 is 2.03 bits per heavy atom. The summed E-state index contributed by atoms with van der Waals surface area (Å²) in [4.78, 5) is 12.8. The summed E-state index contributed by atoms with van der Waals surface area (Å²) in [6.45, 7) is 5.14. The zero-order chi connectivity index (χ0) is 24.6. The summed E-state index contributed by atoms with van der Waals surface area (Å²) in [5.74, 6) is 1.84. The average Bonchev–Trinajstić information content (AvgIpc) is 3.30. The molecule has 0 radical (unpaired) electrons. The van der Waals surface area contributed by atoms with Crippen LogP contribution in [0.2, 0.25) is 0 Å². The predicted octanol–water partition coefficient (Wildman–Crippen LogP) is 2.46. The number of hydrogen-bond donors (Lipinski definition) is 4. The molecule has 1 aliphatic rings. The molecule has 0 spiro atoms. The molecular weight excluding hydrogens is 442 g/mol. The minimum Gasteiger partial charge on any atom is -0.395 e. The SMILES string of the molecule is Cc1ccc(C#N)cc1CNC(=O)c1cccc(NCc2nnc(C3CCNCC3)n2CCO)c1. The quantitative estimate of drug-likeness (QED) is 0.376. The second-order valence-electron chi connectivity index (χ2n) is 8.74. The van der Waals surface area contributed by atoms with Gasteiger partial charge in [-0.15, -0.1) is 10.2 Å². The maximum atomic E-state index is 12.8. The first-order chi connectivity index (χ1) is 17.1. The number of benzene rings is 2. The molecule has 35 heavy (non-hydrogen) atoms. The zero-order valence-corrected chi connectivity index (χ0v) is 19.9. The number of rotatable bonds is 9. The lowest BCUT2D eigenvalue weighted by molar-refractivity contribution is 0.0951. The molecule has 2 aromatic carbocycles. The van der Waals surface area contributed by atoms with Crippen molar-refractivity contribution in [3.05, 3.63) is 76.4 Å². The number of aromatic nitrogens is 3. The van der Waals surface area contributed by atoms with Gasteiger partial charge in [0.2, 0.25) is 0 Å². The molecule has 182 valence electrons. The third-order valence-electron chi connectivity index (χ3n) is 6.38. The van der Waals surface area contributed by atoms with Gasteiger partial charge < -0.3 is 25.6 Å². The third-order valence-corrected chi connectivity index (χ3v) is 6.38. The van der Waals surface area contributed by atoms with Crippen LogP contribution in [0.1, 0.15) is 57.5 Å². The van der Waals surface area contributed by atoms with Crippen molar-refractivity contribution >= 4 is 11.6 Å². The summed E-state index contributed by atoms with van der Waals surface area (Å²) < 4.78 is 2.01. The number of amides is 1. The van der Waals surface area contributed by atoms with E-state index in [4.69, 9.17) is 5.26 Å². The number of aliphatic hydroxyl groups is 1. The van der Waals surface area contributed by atoms with Gasteiger partial charge in [0.15, 0.2) is 5.82 Å². The highest BCUT2D eigenvalue weighted by molar-refractivity contribution is 5.95. The Hall–Kier alpha value is -3.74. The Morgan fingerprint density at radius 1 is 1.20 bits per heavy atom. The Bertz CT molecular complexity index is 1210. The molecule has 0 saturated carbocycles. The van der Waals surface area contributed by atoms with E-state index in [1.54, 1.807) is 24.3 Å². The van der Waals surface area contributed by atoms with Crippen molar-refractivity contribution in [1.82, 2.24) is 25.4 Å².